The highest BCUT2D eigenvalue weighted by Gasteiger charge is 2.13. The van der Waals surface area contributed by atoms with Crippen molar-refractivity contribution in [3.05, 3.63) is 67.1 Å². The van der Waals surface area contributed by atoms with Gasteiger partial charge in [-0.15, -0.1) is 10.2 Å². The third-order valence-electron chi connectivity index (χ3n) is 4.18. The summed E-state index contributed by atoms with van der Waals surface area (Å²) >= 11 is 1.59. The van der Waals surface area contributed by atoms with Gasteiger partial charge in [0.05, 0.1) is 17.4 Å². The average molecular weight is 358 g/mol. The summed E-state index contributed by atoms with van der Waals surface area (Å²) in [6.45, 7) is 0. The van der Waals surface area contributed by atoms with Gasteiger partial charge in [0.25, 0.3) is 0 Å². The number of nitrogens with zero attached hydrogens (tertiary/aromatic N) is 6. The Morgan fingerprint density at radius 1 is 1.00 bits per heavy atom. The molecule has 0 aliphatic heterocycles. The van der Waals surface area contributed by atoms with E-state index in [0.717, 1.165) is 37.9 Å². The summed E-state index contributed by atoms with van der Waals surface area (Å²) < 4.78 is 3.86. The Kier molecular flexibility index (Phi) is 3.46. The molecule has 0 aliphatic rings. The highest BCUT2D eigenvalue weighted by Crippen LogP contribution is 2.31. The molecule has 6 nitrogen and oxygen atoms in total. The number of hydrogen-bond donors (Lipinski definition) is 0. The second-order valence-corrected chi connectivity index (χ2v) is 6.99. The summed E-state index contributed by atoms with van der Waals surface area (Å²) in [5.41, 5.74) is 3.85. The first-order valence-corrected chi connectivity index (χ1v) is 8.95. The molecular weight excluding hydrogens is 344 g/mol. The maximum absolute atomic E-state index is 4.40. The molecule has 5 rings (SSSR count). The van der Waals surface area contributed by atoms with Crippen LogP contribution in [0.15, 0.2) is 77.2 Å². The zero-order valence-electron chi connectivity index (χ0n) is 13.9. The smallest absolute Gasteiger partial charge is 0.200 e. The fourth-order valence-corrected chi connectivity index (χ4v) is 3.88. The highest BCUT2D eigenvalue weighted by atomic mass is 32.2. The van der Waals surface area contributed by atoms with Crippen LogP contribution in [0.25, 0.3) is 27.8 Å². The van der Waals surface area contributed by atoms with E-state index in [-0.39, 0.29) is 0 Å². The molecule has 4 aromatic heterocycles. The minimum atomic E-state index is 0.816. The maximum atomic E-state index is 4.40. The number of benzene rings is 1. The van der Waals surface area contributed by atoms with Crippen LogP contribution in [0, 0.1) is 0 Å². The standard InChI is InChI=1S/C19H14N6S/c1-24-12-14(11-21-24)17-5-2-6-18-22-23-19(25(17)18)26-15-7-8-16-13(10-15)4-3-9-20-16/h2-12H,1H3. The molecule has 0 aliphatic carbocycles. The molecule has 0 atom stereocenters. The molecule has 0 amide bonds. The Morgan fingerprint density at radius 2 is 1.96 bits per heavy atom. The number of rotatable bonds is 3. The second-order valence-electron chi connectivity index (χ2n) is 5.95. The van der Waals surface area contributed by atoms with Gasteiger partial charge >= 0.3 is 0 Å². The summed E-state index contributed by atoms with van der Waals surface area (Å²) in [7, 11) is 1.91. The Morgan fingerprint density at radius 3 is 2.85 bits per heavy atom. The molecule has 1 aromatic carbocycles. The van der Waals surface area contributed by atoms with Crippen molar-refractivity contribution in [2.75, 3.05) is 0 Å². The van der Waals surface area contributed by atoms with Gasteiger partial charge in [-0.05, 0) is 48.2 Å². The first-order chi connectivity index (χ1) is 12.8. The number of aromatic nitrogens is 6. The van der Waals surface area contributed by atoms with E-state index < -0.39 is 0 Å². The lowest BCUT2D eigenvalue weighted by Crippen LogP contribution is -1.93. The minimum Gasteiger partial charge on any atom is -0.275 e. The van der Waals surface area contributed by atoms with E-state index >= 15 is 0 Å². The lowest BCUT2D eigenvalue weighted by atomic mass is 10.2. The van der Waals surface area contributed by atoms with Crippen molar-refractivity contribution in [3.63, 3.8) is 0 Å². The van der Waals surface area contributed by atoms with Crippen LogP contribution < -0.4 is 0 Å². The lowest BCUT2D eigenvalue weighted by molar-refractivity contribution is 0.768. The number of pyridine rings is 2. The van der Waals surface area contributed by atoms with Crippen LogP contribution in [0.5, 0.6) is 0 Å². The van der Waals surface area contributed by atoms with Crippen molar-refractivity contribution in [3.8, 4) is 11.3 Å². The van der Waals surface area contributed by atoms with Crippen LogP contribution in [0.2, 0.25) is 0 Å². The van der Waals surface area contributed by atoms with Crippen molar-refractivity contribution in [1.82, 2.24) is 29.4 Å². The SMILES string of the molecule is Cn1cc(-c2cccc3nnc(Sc4ccc5ncccc5c4)n23)cn1. The van der Waals surface area contributed by atoms with Gasteiger partial charge in [0.15, 0.2) is 5.65 Å². The number of hydrogen-bond acceptors (Lipinski definition) is 5. The molecule has 0 spiro atoms. The molecule has 5 aromatic rings. The molecule has 126 valence electrons. The second kappa shape index (κ2) is 5.96. The normalized spacial score (nSPS) is 11.4. The highest BCUT2D eigenvalue weighted by molar-refractivity contribution is 7.99. The molecule has 0 bridgehead atoms. The van der Waals surface area contributed by atoms with Crippen molar-refractivity contribution in [2.45, 2.75) is 10.1 Å². The van der Waals surface area contributed by atoms with E-state index in [1.165, 1.54) is 0 Å². The lowest BCUT2D eigenvalue weighted by Gasteiger charge is -2.06. The van der Waals surface area contributed by atoms with Gasteiger partial charge in [-0.1, -0.05) is 12.1 Å². The molecule has 7 heteroatoms. The van der Waals surface area contributed by atoms with Crippen LogP contribution in [-0.4, -0.2) is 29.4 Å². The van der Waals surface area contributed by atoms with E-state index in [9.17, 15) is 0 Å². The topological polar surface area (TPSA) is 60.9 Å². The fraction of sp³-hybridized carbons (Fsp3) is 0.0526. The van der Waals surface area contributed by atoms with E-state index in [2.05, 4.69) is 48.9 Å². The van der Waals surface area contributed by atoms with Crippen LogP contribution in [-0.2, 0) is 7.05 Å². The van der Waals surface area contributed by atoms with Gasteiger partial charge in [0.1, 0.15) is 0 Å². The first kappa shape index (κ1) is 15.1. The molecule has 0 saturated carbocycles. The van der Waals surface area contributed by atoms with Crippen LogP contribution in [0.1, 0.15) is 0 Å². The van der Waals surface area contributed by atoms with Crippen LogP contribution in [0.4, 0.5) is 0 Å². The van der Waals surface area contributed by atoms with Gasteiger partial charge in [0.2, 0.25) is 5.16 Å². The predicted octanol–water partition coefficient (Wildman–Crippen LogP) is 3.83. The average Bonchev–Trinajstić information content (AvgIpc) is 3.28. The molecule has 0 N–H and O–H groups in total. The number of aryl methyl sites for hydroxylation is 1. The third-order valence-corrected chi connectivity index (χ3v) is 5.12. The summed E-state index contributed by atoms with van der Waals surface area (Å²) in [5.74, 6) is 0. The molecule has 0 unspecified atom stereocenters. The fourth-order valence-electron chi connectivity index (χ4n) is 2.98. The Balaban J connectivity index is 1.62. The first-order valence-electron chi connectivity index (χ1n) is 8.14. The van der Waals surface area contributed by atoms with Crippen molar-refractivity contribution < 1.29 is 0 Å². The monoisotopic (exact) mass is 358 g/mol. The number of fused-ring (bicyclic) bond motifs is 2. The van der Waals surface area contributed by atoms with Gasteiger partial charge in [-0.3, -0.25) is 14.1 Å². The molecule has 0 saturated heterocycles. The Bertz CT molecular complexity index is 1240. The molecule has 26 heavy (non-hydrogen) atoms. The largest absolute Gasteiger partial charge is 0.275 e. The zero-order chi connectivity index (χ0) is 17.5. The van der Waals surface area contributed by atoms with Gasteiger partial charge in [0, 0.05) is 35.3 Å². The molecular formula is C19H14N6S. The molecule has 4 heterocycles. The third kappa shape index (κ3) is 2.53. The van der Waals surface area contributed by atoms with E-state index in [1.807, 2.05) is 43.7 Å². The summed E-state index contributed by atoms with van der Waals surface area (Å²) in [6.07, 6.45) is 5.65. The zero-order valence-corrected chi connectivity index (χ0v) is 14.8. The maximum Gasteiger partial charge on any atom is 0.200 e. The van der Waals surface area contributed by atoms with Gasteiger partial charge < -0.3 is 0 Å². The minimum absolute atomic E-state index is 0.816. The summed E-state index contributed by atoms with van der Waals surface area (Å²) in [6, 6.07) is 16.2. The Hall–Kier alpha value is -3.19. The molecule has 0 radical (unpaired) electrons. The molecule has 0 fully saturated rings. The van der Waals surface area contributed by atoms with E-state index in [0.29, 0.717) is 0 Å². The van der Waals surface area contributed by atoms with Crippen LogP contribution >= 0.6 is 11.8 Å². The van der Waals surface area contributed by atoms with Crippen molar-refractivity contribution in [1.29, 1.82) is 0 Å². The van der Waals surface area contributed by atoms with Crippen molar-refractivity contribution >= 4 is 28.3 Å². The quantitative estimate of drug-likeness (QED) is 0.490. The Labute approximate surface area is 153 Å². The van der Waals surface area contributed by atoms with Crippen LogP contribution in [0.3, 0.4) is 0 Å². The van der Waals surface area contributed by atoms with E-state index in [1.54, 1.807) is 22.6 Å². The van der Waals surface area contributed by atoms with Gasteiger partial charge in [-0.25, -0.2) is 0 Å². The van der Waals surface area contributed by atoms with E-state index in [4.69, 9.17) is 0 Å². The van der Waals surface area contributed by atoms with Crippen molar-refractivity contribution in [2.24, 2.45) is 7.05 Å². The predicted molar refractivity (Wildman–Crippen MR) is 101 cm³/mol. The summed E-state index contributed by atoms with van der Waals surface area (Å²) in [4.78, 5) is 5.47. The summed E-state index contributed by atoms with van der Waals surface area (Å²) in [5, 5.41) is 14.9. The van der Waals surface area contributed by atoms with Gasteiger partial charge in [-0.2, -0.15) is 5.10 Å².